The van der Waals surface area contributed by atoms with Crippen LogP contribution >= 0.6 is 11.6 Å². The summed E-state index contributed by atoms with van der Waals surface area (Å²) in [6.45, 7) is 3.97. The molecule has 0 saturated heterocycles. The predicted octanol–water partition coefficient (Wildman–Crippen LogP) is 5.20. The van der Waals surface area contributed by atoms with Gasteiger partial charge in [-0.2, -0.15) is 5.10 Å². The van der Waals surface area contributed by atoms with Crippen LogP contribution in [0.5, 0.6) is 0 Å². The Labute approximate surface area is 190 Å². The van der Waals surface area contributed by atoms with Crippen molar-refractivity contribution in [1.29, 1.82) is 0 Å². The molecule has 0 saturated carbocycles. The molecule has 1 aliphatic rings. The van der Waals surface area contributed by atoms with E-state index >= 15 is 0 Å². The smallest absolute Gasteiger partial charge is 0.252 e. The topological polar surface area (TPSA) is 63.4 Å². The summed E-state index contributed by atoms with van der Waals surface area (Å²) in [5, 5.41) is 16.3. The van der Waals surface area contributed by atoms with Gasteiger partial charge in [0.1, 0.15) is 11.5 Å². The number of para-hydroxylation sites is 1. The zero-order chi connectivity index (χ0) is 22.2. The maximum atomic E-state index is 11.6. The van der Waals surface area contributed by atoms with Crippen LogP contribution in [-0.2, 0) is 6.54 Å². The van der Waals surface area contributed by atoms with Gasteiger partial charge in [-0.05, 0) is 37.6 Å². The van der Waals surface area contributed by atoms with Crippen LogP contribution in [0.3, 0.4) is 0 Å². The normalized spacial score (nSPS) is 12.6. The lowest BCUT2D eigenvalue weighted by Gasteiger charge is -2.18. The highest BCUT2D eigenvalue weighted by molar-refractivity contribution is 6.30. The third-order valence-electron chi connectivity index (χ3n) is 5.47. The van der Waals surface area contributed by atoms with Crippen LogP contribution < -0.4 is 5.01 Å². The van der Waals surface area contributed by atoms with Crippen molar-refractivity contribution in [2.24, 2.45) is 5.10 Å². The average molecular weight is 442 g/mol. The molecule has 1 aliphatic heterocycles. The molecule has 0 amide bonds. The number of carbonyl (C=O) groups is 1. The van der Waals surface area contributed by atoms with Gasteiger partial charge in [0.25, 0.3) is 5.95 Å². The first-order valence-electron chi connectivity index (χ1n) is 10.2. The second-order valence-corrected chi connectivity index (χ2v) is 8.10. The number of aromatic nitrogens is 3. The minimum Gasteiger partial charge on any atom is -0.295 e. The fraction of sp³-hybridized carbons (Fsp3) is 0.120. The van der Waals surface area contributed by atoms with E-state index in [2.05, 4.69) is 16.3 Å². The first kappa shape index (κ1) is 20.2. The minimum atomic E-state index is 0.0418. The van der Waals surface area contributed by atoms with Crippen LogP contribution in [0.4, 0.5) is 5.95 Å². The van der Waals surface area contributed by atoms with Crippen molar-refractivity contribution < 1.29 is 4.79 Å². The fourth-order valence-corrected chi connectivity index (χ4v) is 3.96. The van der Waals surface area contributed by atoms with E-state index in [4.69, 9.17) is 16.7 Å². The largest absolute Gasteiger partial charge is 0.295 e. The summed E-state index contributed by atoms with van der Waals surface area (Å²) in [5.74, 6) is 1.45. The van der Waals surface area contributed by atoms with Gasteiger partial charge in [-0.3, -0.25) is 9.36 Å². The Hall–Kier alpha value is -3.77. The van der Waals surface area contributed by atoms with Crippen LogP contribution in [0.2, 0.25) is 5.02 Å². The van der Waals surface area contributed by atoms with E-state index in [1.54, 1.807) is 6.92 Å². The van der Waals surface area contributed by atoms with Crippen LogP contribution in [0.1, 0.15) is 39.8 Å². The Bertz CT molecular complexity index is 1340. The second kappa shape index (κ2) is 8.05. The zero-order valence-electron chi connectivity index (χ0n) is 17.7. The highest BCUT2D eigenvalue weighted by Crippen LogP contribution is 2.30. The Kier molecular flexibility index (Phi) is 5.07. The average Bonchev–Trinajstić information content (AvgIpc) is 3.12. The number of ketones is 1. The molecule has 0 N–H and O–H groups in total. The summed E-state index contributed by atoms with van der Waals surface area (Å²) in [4.78, 5) is 11.6. The molecule has 0 bridgehead atoms. The zero-order valence-corrected chi connectivity index (χ0v) is 18.4. The van der Waals surface area contributed by atoms with E-state index in [9.17, 15) is 4.79 Å². The number of hydrogen-bond donors (Lipinski definition) is 0. The van der Waals surface area contributed by atoms with Gasteiger partial charge in [-0.15, -0.1) is 10.2 Å². The number of fused-ring (bicyclic) bond motifs is 3. The molecule has 158 valence electrons. The van der Waals surface area contributed by atoms with Gasteiger partial charge in [0.05, 0.1) is 12.2 Å². The number of halogens is 1. The summed E-state index contributed by atoms with van der Waals surface area (Å²) >= 11 is 6.13. The summed E-state index contributed by atoms with van der Waals surface area (Å²) < 4.78 is 2.02. The lowest BCUT2D eigenvalue weighted by molar-refractivity contribution is 0.101. The minimum absolute atomic E-state index is 0.0418. The Morgan fingerprint density at radius 3 is 2.38 bits per heavy atom. The van der Waals surface area contributed by atoms with Crippen molar-refractivity contribution >= 4 is 29.0 Å². The van der Waals surface area contributed by atoms with Crippen LogP contribution in [0.15, 0.2) is 77.9 Å². The summed E-state index contributed by atoms with van der Waals surface area (Å²) in [6.07, 6.45) is 0. The molecule has 0 unspecified atom stereocenters. The van der Waals surface area contributed by atoms with Gasteiger partial charge in [0.15, 0.2) is 5.78 Å². The molecule has 2 heterocycles. The Morgan fingerprint density at radius 1 is 0.938 bits per heavy atom. The molecule has 6 nitrogen and oxygen atoms in total. The second-order valence-electron chi connectivity index (χ2n) is 7.67. The molecule has 3 aromatic carbocycles. The Balaban J connectivity index is 1.67. The number of Topliss-reactive ketones (excluding diaryl/α,β-unsaturated/α-hetero) is 1. The van der Waals surface area contributed by atoms with E-state index in [-0.39, 0.29) is 5.78 Å². The number of hydrogen-bond acceptors (Lipinski definition) is 5. The first-order chi connectivity index (χ1) is 15.5. The van der Waals surface area contributed by atoms with Crippen LogP contribution in [0, 0.1) is 6.92 Å². The third kappa shape index (κ3) is 3.59. The van der Waals surface area contributed by atoms with Gasteiger partial charge in [0.2, 0.25) is 0 Å². The number of aryl methyl sites for hydroxylation is 1. The van der Waals surface area contributed by atoms with Crippen molar-refractivity contribution in [3.05, 3.63) is 106 Å². The molecular weight excluding hydrogens is 422 g/mol. The van der Waals surface area contributed by atoms with Crippen molar-refractivity contribution in [1.82, 2.24) is 14.8 Å². The van der Waals surface area contributed by atoms with Crippen molar-refractivity contribution in [2.75, 3.05) is 5.01 Å². The maximum Gasteiger partial charge on any atom is 0.252 e. The maximum absolute atomic E-state index is 11.6. The summed E-state index contributed by atoms with van der Waals surface area (Å²) in [7, 11) is 0. The predicted molar refractivity (Wildman–Crippen MR) is 126 cm³/mol. The number of anilines is 1. The lowest BCUT2D eigenvalue weighted by Crippen LogP contribution is -2.20. The molecule has 1 aromatic heterocycles. The Morgan fingerprint density at radius 2 is 1.66 bits per heavy atom. The fourth-order valence-electron chi connectivity index (χ4n) is 3.83. The molecule has 5 rings (SSSR count). The van der Waals surface area contributed by atoms with Crippen LogP contribution in [0.25, 0.3) is 5.69 Å². The highest BCUT2D eigenvalue weighted by atomic mass is 35.5. The molecule has 32 heavy (non-hydrogen) atoms. The van der Waals surface area contributed by atoms with Gasteiger partial charge in [-0.25, -0.2) is 5.01 Å². The van der Waals surface area contributed by atoms with Gasteiger partial charge in [0, 0.05) is 21.7 Å². The van der Waals surface area contributed by atoms with E-state index in [1.165, 1.54) is 0 Å². The summed E-state index contributed by atoms with van der Waals surface area (Å²) in [6, 6.07) is 23.3. The number of nitrogens with zero attached hydrogens (tertiary/aromatic N) is 5. The number of benzene rings is 3. The standard InChI is InChI=1S/C25H20ClN5O/c1-16(32)19-9-7-18(8-10-19)15-30-25-28-27-17(2)31(25)23-6-4-3-5-22(23)24(29-30)20-11-13-21(26)14-12-20/h3-14H,15H2,1-2H3. The highest BCUT2D eigenvalue weighted by Gasteiger charge is 2.26. The van der Waals surface area contributed by atoms with E-state index < -0.39 is 0 Å². The van der Waals surface area contributed by atoms with E-state index in [0.717, 1.165) is 33.9 Å². The molecular formula is C25H20ClN5O. The molecule has 0 spiro atoms. The lowest BCUT2D eigenvalue weighted by atomic mass is 10.0. The van der Waals surface area contributed by atoms with Crippen molar-refractivity contribution in [3.63, 3.8) is 0 Å². The van der Waals surface area contributed by atoms with Gasteiger partial charge >= 0.3 is 0 Å². The molecule has 0 radical (unpaired) electrons. The molecule has 7 heteroatoms. The van der Waals surface area contributed by atoms with Crippen molar-refractivity contribution in [3.8, 4) is 5.69 Å². The monoisotopic (exact) mass is 441 g/mol. The van der Waals surface area contributed by atoms with Gasteiger partial charge in [-0.1, -0.05) is 66.2 Å². The van der Waals surface area contributed by atoms with E-state index in [1.807, 2.05) is 83.2 Å². The quantitative estimate of drug-likeness (QED) is 0.408. The van der Waals surface area contributed by atoms with Crippen molar-refractivity contribution in [2.45, 2.75) is 20.4 Å². The molecule has 0 atom stereocenters. The number of hydrazone groups is 1. The third-order valence-corrected chi connectivity index (χ3v) is 5.72. The van der Waals surface area contributed by atoms with E-state index in [0.29, 0.717) is 23.1 Å². The molecule has 4 aromatic rings. The first-order valence-corrected chi connectivity index (χ1v) is 10.6. The SMILES string of the molecule is CC(=O)c1ccc(CN2N=C(c3ccc(Cl)cc3)c3ccccc3-n3c(C)nnc32)cc1. The van der Waals surface area contributed by atoms with Gasteiger partial charge < -0.3 is 0 Å². The number of rotatable bonds is 4. The summed E-state index contributed by atoms with van der Waals surface area (Å²) in [5.41, 5.74) is 5.41. The van der Waals surface area contributed by atoms with Crippen LogP contribution in [-0.4, -0.2) is 26.3 Å². The number of carbonyl (C=O) groups excluding carboxylic acids is 1. The molecule has 0 aliphatic carbocycles. The molecule has 0 fully saturated rings.